The smallest absolute Gasteiger partial charge is 0.134 e. The zero-order chi connectivity index (χ0) is 12.0. The van der Waals surface area contributed by atoms with E-state index in [1.165, 1.54) is 12.8 Å². The van der Waals surface area contributed by atoms with E-state index >= 15 is 0 Å². The first-order valence-electron chi connectivity index (χ1n) is 5.87. The highest BCUT2D eigenvalue weighted by atomic mass is 35.5. The van der Waals surface area contributed by atoms with Gasteiger partial charge in [0.05, 0.1) is 5.02 Å². The largest absolute Gasteiger partial charge is 0.506 e. The maximum absolute atomic E-state index is 9.33. The average molecular weight is 242 g/mol. The van der Waals surface area contributed by atoms with Crippen LogP contribution in [0.25, 0.3) is 0 Å². The van der Waals surface area contributed by atoms with Gasteiger partial charge in [-0.3, -0.25) is 4.90 Å². The lowest BCUT2D eigenvalue weighted by molar-refractivity contribution is 0.275. The van der Waals surface area contributed by atoms with Crippen molar-refractivity contribution in [3.63, 3.8) is 0 Å². The molecule has 16 heavy (non-hydrogen) atoms. The van der Waals surface area contributed by atoms with Crippen molar-refractivity contribution >= 4 is 11.6 Å². The molecule has 90 valence electrons. The first-order chi connectivity index (χ1) is 7.67. The molecule has 0 aliphatic heterocycles. The summed E-state index contributed by atoms with van der Waals surface area (Å²) in [5.41, 5.74) is 1.15. The topological polar surface area (TPSA) is 23.5 Å². The number of hydrogen-bond acceptors (Lipinski definition) is 2. The first kappa shape index (κ1) is 13.3. The lowest BCUT2D eigenvalue weighted by Crippen LogP contribution is -2.23. The number of phenolic OH excluding ortho intramolecular Hbond substituents is 1. The van der Waals surface area contributed by atoms with E-state index in [4.69, 9.17) is 11.6 Å². The van der Waals surface area contributed by atoms with Gasteiger partial charge in [0.1, 0.15) is 5.75 Å². The number of benzene rings is 1. The van der Waals surface area contributed by atoms with Gasteiger partial charge >= 0.3 is 0 Å². The van der Waals surface area contributed by atoms with Crippen molar-refractivity contribution in [2.24, 2.45) is 0 Å². The van der Waals surface area contributed by atoms with Gasteiger partial charge in [-0.25, -0.2) is 0 Å². The predicted molar refractivity (Wildman–Crippen MR) is 69.0 cm³/mol. The number of unbranched alkanes of at least 4 members (excludes halogenated alkanes) is 1. The van der Waals surface area contributed by atoms with Crippen molar-refractivity contribution in [3.05, 3.63) is 28.8 Å². The Kier molecular flexibility index (Phi) is 5.64. The minimum atomic E-state index is 0.155. The molecule has 0 fully saturated rings. The molecule has 0 atom stereocenters. The number of rotatable bonds is 6. The van der Waals surface area contributed by atoms with E-state index in [-0.39, 0.29) is 5.75 Å². The van der Waals surface area contributed by atoms with Gasteiger partial charge in [0, 0.05) is 6.54 Å². The van der Waals surface area contributed by atoms with Crippen LogP contribution in [0.4, 0.5) is 0 Å². The number of nitrogens with zero attached hydrogens (tertiary/aromatic N) is 1. The summed E-state index contributed by atoms with van der Waals surface area (Å²) in [7, 11) is 0. The second kappa shape index (κ2) is 6.77. The van der Waals surface area contributed by atoms with Crippen LogP contribution in [0, 0.1) is 0 Å². The van der Waals surface area contributed by atoms with Crippen LogP contribution in [0.1, 0.15) is 32.3 Å². The molecule has 0 bridgehead atoms. The minimum absolute atomic E-state index is 0.155. The van der Waals surface area contributed by atoms with Crippen LogP contribution in [0.5, 0.6) is 5.75 Å². The molecule has 2 nitrogen and oxygen atoms in total. The molecule has 0 spiro atoms. The summed E-state index contributed by atoms with van der Waals surface area (Å²) in [6.45, 7) is 7.42. The Morgan fingerprint density at radius 1 is 1.31 bits per heavy atom. The van der Waals surface area contributed by atoms with Gasteiger partial charge in [0.15, 0.2) is 0 Å². The van der Waals surface area contributed by atoms with Gasteiger partial charge in [-0.2, -0.15) is 0 Å². The van der Waals surface area contributed by atoms with Gasteiger partial charge in [-0.15, -0.1) is 0 Å². The van der Waals surface area contributed by atoms with Crippen LogP contribution < -0.4 is 0 Å². The Bertz CT molecular complexity index is 328. The van der Waals surface area contributed by atoms with Crippen molar-refractivity contribution in [2.75, 3.05) is 13.1 Å². The van der Waals surface area contributed by atoms with Crippen molar-refractivity contribution in [1.29, 1.82) is 0 Å². The second-order valence-electron chi connectivity index (χ2n) is 4.01. The zero-order valence-electron chi connectivity index (χ0n) is 10.0. The standard InChI is InChI=1S/C13H20ClNO/c1-3-5-8-15(4-2)10-11-6-7-13(16)12(14)9-11/h6-7,9,16H,3-5,8,10H2,1-2H3. The van der Waals surface area contributed by atoms with Gasteiger partial charge in [-0.1, -0.05) is 37.9 Å². The maximum Gasteiger partial charge on any atom is 0.134 e. The van der Waals surface area contributed by atoms with Gasteiger partial charge in [0.25, 0.3) is 0 Å². The molecule has 3 heteroatoms. The van der Waals surface area contributed by atoms with Crippen LogP contribution in [0.15, 0.2) is 18.2 Å². The molecule has 0 unspecified atom stereocenters. The fourth-order valence-corrected chi connectivity index (χ4v) is 1.84. The molecule has 0 radical (unpaired) electrons. The van der Waals surface area contributed by atoms with Crippen molar-refractivity contribution < 1.29 is 5.11 Å². The predicted octanol–water partition coefficient (Wildman–Crippen LogP) is 3.67. The molecule has 0 heterocycles. The van der Waals surface area contributed by atoms with E-state index in [1.807, 2.05) is 12.1 Å². The normalized spacial score (nSPS) is 11.0. The summed E-state index contributed by atoms with van der Waals surface area (Å²) in [6, 6.07) is 5.42. The molecule has 1 aromatic rings. The second-order valence-corrected chi connectivity index (χ2v) is 4.42. The number of aromatic hydroxyl groups is 1. The lowest BCUT2D eigenvalue weighted by atomic mass is 10.2. The van der Waals surface area contributed by atoms with Gasteiger partial charge in [0.2, 0.25) is 0 Å². The third kappa shape index (κ3) is 4.03. The maximum atomic E-state index is 9.33. The summed E-state index contributed by atoms with van der Waals surface area (Å²) in [6.07, 6.45) is 2.44. The van der Waals surface area contributed by atoms with Crippen LogP contribution >= 0.6 is 11.6 Å². The molecular formula is C13H20ClNO. The fourth-order valence-electron chi connectivity index (χ4n) is 1.64. The Labute approximate surface area is 103 Å². The third-order valence-electron chi connectivity index (χ3n) is 2.69. The van der Waals surface area contributed by atoms with Crippen molar-refractivity contribution in [3.8, 4) is 5.75 Å². The Morgan fingerprint density at radius 3 is 2.62 bits per heavy atom. The fraction of sp³-hybridized carbons (Fsp3) is 0.538. The van der Waals surface area contributed by atoms with E-state index in [9.17, 15) is 5.11 Å². The Morgan fingerprint density at radius 2 is 2.06 bits per heavy atom. The monoisotopic (exact) mass is 241 g/mol. The molecule has 1 rings (SSSR count). The van der Waals surface area contributed by atoms with E-state index in [2.05, 4.69) is 18.7 Å². The summed E-state index contributed by atoms with van der Waals surface area (Å²) in [5.74, 6) is 0.155. The van der Waals surface area contributed by atoms with Crippen LogP contribution in [0.2, 0.25) is 5.02 Å². The molecule has 0 amide bonds. The molecule has 0 aliphatic carbocycles. The molecule has 0 aliphatic rings. The van der Waals surface area contributed by atoms with E-state index in [0.717, 1.165) is 25.2 Å². The summed E-state index contributed by atoms with van der Waals surface area (Å²) in [4.78, 5) is 2.38. The minimum Gasteiger partial charge on any atom is -0.506 e. The summed E-state index contributed by atoms with van der Waals surface area (Å²) >= 11 is 5.88. The van der Waals surface area contributed by atoms with E-state index < -0.39 is 0 Å². The van der Waals surface area contributed by atoms with Gasteiger partial charge < -0.3 is 5.11 Å². The average Bonchev–Trinajstić information content (AvgIpc) is 2.29. The molecule has 0 aromatic heterocycles. The molecule has 0 saturated heterocycles. The molecular weight excluding hydrogens is 222 g/mol. The first-order valence-corrected chi connectivity index (χ1v) is 6.25. The quantitative estimate of drug-likeness (QED) is 0.822. The highest BCUT2D eigenvalue weighted by molar-refractivity contribution is 6.32. The van der Waals surface area contributed by atoms with Crippen LogP contribution in [-0.4, -0.2) is 23.1 Å². The van der Waals surface area contributed by atoms with E-state index in [0.29, 0.717) is 5.02 Å². The van der Waals surface area contributed by atoms with Gasteiger partial charge in [-0.05, 0) is 37.2 Å². The number of phenols is 1. The lowest BCUT2D eigenvalue weighted by Gasteiger charge is -2.20. The summed E-state index contributed by atoms with van der Waals surface area (Å²) < 4.78 is 0. The van der Waals surface area contributed by atoms with E-state index in [1.54, 1.807) is 6.07 Å². The SMILES string of the molecule is CCCCN(CC)Cc1ccc(O)c(Cl)c1. The van der Waals surface area contributed by atoms with Crippen molar-refractivity contribution in [1.82, 2.24) is 4.90 Å². The Hall–Kier alpha value is -0.730. The van der Waals surface area contributed by atoms with Crippen LogP contribution in [-0.2, 0) is 6.54 Å². The van der Waals surface area contributed by atoms with Crippen LogP contribution in [0.3, 0.4) is 0 Å². The number of halogens is 1. The van der Waals surface area contributed by atoms with Crippen molar-refractivity contribution in [2.45, 2.75) is 33.2 Å². The molecule has 1 N–H and O–H groups in total. The Balaban J connectivity index is 2.59. The summed E-state index contributed by atoms with van der Waals surface area (Å²) in [5, 5.41) is 9.77. The highest BCUT2D eigenvalue weighted by Gasteiger charge is 2.05. The molecule has 0 saturated carbocycles. The zero-order valence-corrected chi connectivity index (χ0v) is 10.8. The third-order valence-corrected chi connectivity index (χ3v) is 3.00. The highest BCUT2D eigenvalue weighted by Crippen LogP contribution is 2.24. The number of hydrogen-bond donors (Lipinski definition) is 1. The molecule has 1 aromatic carbocycles.